The molecular formula is C16H17N3O. The number of hydrogen-bond donors (Lipinski definition) is 1. The summed E-state index contributed by atoms with van der Waals surface area (Å²) in [6, 6.07) is 15.0. The minimum absolute atomic E-state index is 0.210. The molecule has 102 valence electrons. The Bertz CT molecular complexity index is 592. The molecule has 0 radical (unpaired) electrons. The number of amides is 1. The van der Waals surface area contributed by atoms with Crippen LogP contribution in [0.15, 0.2) is 59.8 Å². The minimum Gasteiger partial charge on any atom is -0.266 e. The van der Waals surface area contributed by atoms with Gasteiger partial charge in [0.05, 0.1) is 5.71 Å². The molecule has 1 aromatic heterocycles. The molecule has 0 aliphatic carbocycles. The maximum Gasteiger partial charge on any atom is 0.289 e. The summed E-state index contributed by atoms with van der Waals surface area (Å²) in [5.41, 5.74) is 4.77. The summed E-state index contributed by atoms with van der Waals surface area (Å²) in [6.07, 6.45) is 1.58. The summed E-state index contributed by atoms with van der Waals surface area (Å²) in [7, 11) is 0. The van der Waals surface area contributed by atoms with Crippen LogP contribution < -0.4 is 5.43 Å². The van der Waals surface area contributed by atoms with Gasteiger partial charge < -0.3 is 0 Å². The van der Waals surface area contributed by atoms with Gasteiger partial charge in [-0.15, -0.1) is 0 Å². The SMILES string of the molecule is CC(C)C(=NNC(=O)c1ccccn1)c1ccccc1. The highest BCUT2D eigenvalue weighted by Crippen LogP contribution is 2.09. The quantitative estimate of drug-likeness (QED) is 0.684. The van der Waals surface area contributed by atoms with E-state index in [-0.39, 0.29) is 11.8 Å². The van der Waals surface area contributed by atoms with Crippen LogP contribution in [0.4, 0.5) is 0 Å². The van der Waals surface area contributed by atoms with Crippen molar-refractivity contribution in [2.24, 2.45) is 11.0 Å². The Kier molecular flexibility index (Phi) is 4.60. The Hall–Kier alpha value is -2.49. The number of hydrogen-bond acceptors (Lipinski definition) is 3. The van der Waals surface area contributed by atoms with E-state index in [4.69, 9.17) is 0 Å². The van der Waals surface area contributed by atoms with Crippen molar-refractivity contribution in [1.82, 2.24) is 10.4 Å². The zero-order valence-electron chi connectivity index (χ0n) is 11.6. The molecule has 1 heterocycles. The maximum atomic E-state index is 11.9. The second kappa shape index (κ2) is 6.61. The van der Waals surface area contributed by atoms with Crippen LogP contribution in [-0.2, 0) is 0 Å². The van der Waals surface area contributed by atoms with Crippen LogP contribution in [0, 0.1) is 5.92 Å². The standard InChI is InChI=1S/C16H17N3O/c1-12(2)15(13-8-4-3-5-9-13)18-19-16(20)14-10-6-7-11-17-14/h3-12H,1-2H3,(H,19,20). The van der Waals surface area contributed by atoms with Crippen molar-refractivity contribution in [3.63, 3.8) is 0 Å². The molecule has 1 N–H and O–H groups in total. The van der Waals surface area contributed by atoms with Gasteiger partial charge in [-0.05, 0) is 23.6 Å². The van der Waals surface area contributed by atoms with Crippen molar-refractivity contribution in [3.05, 3.63) is 66.0 Å². The number of carbonyl (C=O) groups excluding carboxylic acids is 1. The Labute approximate surface area is 118 Å². The average molecular weight is 267 g/mol. The van der Waals surface area contributed by atoms with E-state index in [0.717, 1.165) is 11.3 Å². The summed E-state index contributed by atoms with van der Waals surface area (Å²) < 4.78 is 0. The lowest BCUT2D eigenvalue weighted by atomic mass is 10.0. The van der Waals surface area contributed by atoms with Gasteiger partial charge in [-0.25, -0.2) is 5.43 Å². The zero-order valence-corrected chi connectivity index (χ0v) is 11.6. The molecule has 0 saturated carbocycles. The molecule has 0 fully saturated rings. The van der Waals surface area contributed by atoms with Crippen LogP contribution in [0.1, 0.15) is 29.9 Å². The summed E-state index contributed by atoms with van der Waals surface area (Å²) in [5.74, 6) is -0.0962. The van der Waals surface area contributed by atoms with Gasteiger partial charge in [-0.2, -0.15) is 5.10 Å². The van der Waals surface area contributed by atoms with Crippen LogP contribution in [0.3, 0.4) is 0 Å². The first-order valence-corrected chi connectivity index (χ1v) is 6.53. The number of benzene rings is 1. The van der Waals surface area contributed by atoms with Crippen LogP contribution in [-0.4, -0.2) is 16.6 Å². The van der Waals surface area contributed by atoms with Gasteiger partial charge in [0, 0.05) is 6.20 Å². The molecule has 20 heavy (non-hydrogen) atoms. The molecule has 1 aromatic carbocycles. The largest absolute Gasteiger partial charge is 0.289 e. The number of nitrogens with zero attached hydrogens (tertiary/aromatic N) is 2. The van der Waals surface area contributed by atoms with Gasteiger partial charge in [0.25, 0.3) is 5.91 Å². The second-order valence-corrected chi connectivity index (χ2v) is 4.67. The molecule has 2 aromatic rings. The van der Waals surface area contributed by atoms with E-state index in [9.17, 15) is 4.79 Å². The van der Waals surface area contributed by atoms with Gasteiger partial charge >= 0.3 is 0 Å². The first-order valence-electron chi connectivity index (χ1n) is 6.53. The van der Waals surface area contributed by atoms with Gasteiger partial charge in [0.2, 0.25) is 0 Å². The van der Waals surface area contributed by atoms with Crippen molar-refractivity contribution in [3.8, 4) is 0 Å². The molecule has 0 unspecified atom stereocenters. The molecule has 0 saturated heterocycles. The number of carbonyl (C=O) groups is 1. The fraction of sp³-hybridized carbons (Fsp3) is 0.188. The van der Waals surface area contributed by atoms with E-state index in [1.54, 1.807) is 24.4 Å². The van der Waals surface area contributed by atoms with Crippen molar-refractivity contribution in [2.75, 3.05) is 0 Å². The monoisotopic (exact) mass is 267 g/mol. The molecule has 4 heteroatoms. The predicted molar refractivity (Wildman–Crippen MR) is 79.5 cm³/mol. The Balaban J connectivity index is 2.17. The summed E-state index contributed by atoms with van der Waals surface area (Å²) >= 11 is 0. The summed E-state index contributed by atoms with van der Waals surface area (Å²) in [5, 5.41) is 4.25. The molecular weight excluding hydrogens is 250 g/mol. The highest BCUT2D eigenvalue weighted by molar-refractivity contribution is 6.03. The number of pyridine rings is 1. The molecule has 0 aliphatic heterocycles. The van der Waals surface area contributed by atoms with Crippen LogP contribution in [0.2, 0.25) is 0 Å². The smallest absolute Gasteiger partial charge is 0.266 e. The molecule has 1 amide bonds. The fourth-order valence-corrected chi connectivity index (χ4v) is 1.80. The van der Waals surface area contributed by atoms with Crippen LogP contribution >= 0.6 is 0 Å². The zero-order chi connectivity index (χ0) is 14.4. The average Bonchev–Trinajstić information content (AvgIpc) is 2.49. The van der Waals surface area contributed by atoms with Crippen LogP contribution in [0.25, 0.3) is 0 Å². The maximum absolute atomic E-state index is 11.9. The topological polar surface area (TPSA) is 54.4 Å². The first-order chi connectivity index (χ1) is 9.68. The van der Waals surface area contributed by atoms with Crippen molar-refractivity contribution >= 4 is 11.6 Å². The van der Waals surface area contributed by atoms with Crippen molar-refractivity contribution in [1.29, 1.82) is 0 Å². The highest BCUT2D eigenvalue weighted by Gasteiger charge is 2.10. The van der Waals surface area contributed by atoms with E-state index >= 15 is 0 Å². The van der Waals surface area contributed by atoms with E-state index in [1.165, 1.54) is 0 Å². The van der Waals surface area contributed by atoms with Gasteiger partial charge in [0.1, 0.15) is 5.69 Å². The Morgan fingerprint density at radius 3 is 2.40 bits per heavy atom. The normalized spacial score (nSPS) is 11.4. The highest BCUT2D eigenvalue weighted by atomic mass is 16.2. The minimum atomic E-state index is -0.306. The van der Waals surface area contributed by atoms with Crippen molar-refractivity contribution < 1.29 is 4.79 Å². The lowest BCUT2D eigenvalue weighted by Gasteiger charge is -2.10. The van der Waals surface area contributed by atoms with Crippen molar-refractivity contribution in [2.45, 2.75) is 13.8 Å². The van der Waals surface area contributed by atoms with E-state index in [2.05, 4.69) is 15.5 Å². The number of rotatable bonds is 4. The number of nitrogens with one attached hydrogen (secondary N) is 1. The third-order valence-electron chi connectivity index (χ3n) is 2.79. The predicted octanol–water partition coefficient (Wildman–Crippen LogP) is 2.87. The lowest BCUT2D eigenvalue weighted by molar-refractivity contribution is 0.0950. The van der Waals surface area contributed by atoms with E-state index in [0.29, 0.717) is 5.69 Å². The fourth-order valence-electron chi connectivity index (χ4n) is 1.80. The third kappa shape index (κ3) is 3.51. The molecule has 0 aliphatic rings. The lowest BCUT2D eigenvalue weighted by Crippen LogP contribution is -2.23. The Morgan fingerprint density at radius 2 is 1.80 bits per heavy atom. The Morgan fingerprint density at radius 1 is 1.10 bits per heavy atom. The molecule has 0 spiro atoms. The summed E-state index contributed by atoms with van der Waals surface area (Å²) in [4.78, 5) is 15.9. The van der Waals surface area contributed by atoms with E-state index < -0.39 is 0 Å². The molecule has 2 rings (SSSR count). The third-order valence-corrected chi connectivity index (χ3v) is 2.79. The molecule has 0 bridgehead atoms. The van der Waals surface area contributed by atoms with E-state index in [1.807, 2.05) is 44.2 Å². The number of hydrazone groups is 1. The number of aromatic nitrogens is 1. The van der Waals surface area contributed by atoms with Crippen LogP contribution in [0.5, 0.6) is 0 Å². The first kappa shape index (κ1) is 13.9. The second-order valence-electron chi connectivity index (χ2n) is 4.67. The molecule has 0 atom stereocenters. The molecule has 4 nitrogen and oxygen atoms in total. The van der Waals surface area contributed by atoms with Gasteiger partial charge in [0.15, 0.2) is 0 Å². The van der Waals surface area contributed by atoms with Gasteiger partial charge in [-0.3, -0.25) is 9.78 Å². The van der Waals surface area contributed by atoms with Gasteiger partial charge in [-0.1, -0.05) is 50.2 Å². The summed E-state index contributed by atoms with van der Waals surface area (Å²) in [6.45, 7) is 4.08.